The van der Waals surface area contributed by atoms with E-state index in [4.69, 9.17) is 5.73 Å². The topological polar surface area (TPSA) is 26.0 Å². The van der Waals surface area contributed by atoms with E-state index in [1.807, 2.05) is 13.0 Å². The van der Waals surface area contributed by atoms with Gasteiger partial charge in [-0.25, -0.2) is 0 Å². The lowest BCUT2D eigenvalue weighted by atomic mass is 10.1. The lowest BCUT2D eigenvalue weighted by Gasteiger charge is -1.95. The van der Waals surface area contributed by atoms with Crippen LogP contribution in [0.15, 0.2) is 54.6 Å². The van der Waals surface area contributed by atoms with E-state index in [0.717, 1.165) is 6.42 Å². The third-order valence-electron chi connectivity index (χ3n) is 2.99. The first-order valence-corrected chi connectivity index (χ1v) is 7.17. The Hall–Kier alpha value is -1.86. The second-order valence-corrected chi connectivity index (χ2v) is 5.04. The fraction of sp³-hybridized carbons (Fsp3) is 0.263. The minimum atomic E-state index is 0.384. The van der Waals surface area contributed by atoms with E-state index < -0.39 is 0 Å². The molecule has 0 amide bonds. The normalized spacial score (nSPS) is 11.8. The van der Waals surface area contributed by atoms with Gasteiger partial charge >= 0.3 is 0 Å². The minimum Gasteiger partial charge on any atom is -0.328 e. The first-order chi connectivity index (χ1) is 9.61. The number of hydrogen-bond acceptors (Lipinski definition) is 1. The van der Waals surface area contributed by atoms with Crippen molar-refractivity contribution < 1.29 is 0 Å². The molecule has 0 aliphatic heterocycles. The van der Waals surface area contributed by atoms with Crippen LogP contribution in [-0.4, -0.2) is 6.04 Å². The van der Waals surface area contributed by atoms with Crippen molar-refractivity contribution >= 4 is 12.2 Å². The van der Waals surface area contributed by atoms with Gasteiger partial charge in [-0.1, -0.05) is 79.2 Å². The molecular formula is C19H25N. The summed E-state index contributed by atoms with van der Waals surface area (Å²) >= 11 is 0. The molecule has 106 valence electrons. The van der Waals surface area contributed by atoms with Crippen molar-refractivity contribution in [3.63, 3.8) is 0 Å². The predicted molar refractivity (Wildman–Crippen MR) is 90.5 cm³/mol. The maximum atomic E-state index is 5.29. The van der Waals surface area contributed by atoms with Crippen LogP contribution < -0.4 is 5.73 Å². The van der Waals surface area contributed by atoms with Crippen molar-refractivity contribution in [2.45, 2.75) is 33.2 Å². The summed E-state index contributed by atoms with van der Waals surface area (Å²) in [4.78, 5) is 0. The molecule has 0 heterocycles. The van der Waals surface area contributed by atoms with Crippen molar-refractivity contribution in [2.24, 2.45) is 5.73 Å². The van der Waals surface area contributed by atoms with Crippen LogP contribution in [0.2, 0.25) is 0 Å². The zero-order chi connectivity index (χ0) is 14.8. The molecule has 0 saturated heterocycles. The van der Waals surface area contributed by atoms with Gasteiger partial charge in [0.05, 0.1) is 0 Å². The van der Waals surface area contributed by atoms with Gasteiger partial charge in [-0.2, -0.15) is 0 Å². The third-order valence-corrected chi connectivity index (χ3v) is 2.99. The highest BCUT2D eigenvalue weighted by atomic mass is 14.6. The summed E-state index contributed by atoms with van der Waals surface area (Å²) in [5.74, 6) is 0. The molecule has 0 fully saturated rings. The van der Waals surface area contributed by atoms with Gasteiger partial charge in [-0.05, 0) is 31.4 Å². The molecule has 0 aliphatic carbocycles. The zero-order valence-corrected chi connectivity index (χ0v) is 12.7. The van der Waals surface area contributed by atoms with Crippen LogP contribution >= 0.6 is 0 Å². The lowest BCUT2D eigenvalue weighted by Crippen LogP contribution is -2.11. The smallest absolute Gasteiger partial charge is 0.000781 e. The number of hydrogen-bond donors (Lipinski definition) is 1. The molecule has 1 heteroatoms. The van der Waals surface area contributed by atoms with Crippen LogP contribution in [0.3, 0.4) is 0 Å². The van der Waals surface area contributed by atoms with Crippen molar-refractivity contribution in [1.29, 1.82) is 0 Å². The van der Waals surface area contributed by atoms with Crippen molar-refractivity contribution in [2.75, 3.05) is 0 Å². The zero-order valence-electron chi connectivity index (χ0n) is 12.7. The Kier molecular flexibility index (Phi) is 7.38. The quantitative estimate of drug-likeness (QED) is 0.786. The standard InChI is InChI=1S/C15H14.C4H11N/c1-13-7-9-15(10-8-13)12-11-14-5-3-2-4-6-14;1-3-4(2)5/h2-12H,1H3;4H,3,5H2,1-2H3/b12-11+;. The molecule has 0 spiro atoms. The van der Waals surface area contributed by atoms with E-state index in [1.165, 1.54) is 16.7 Å². The summed E-state index contributed by atoms with van der Waals surface area (Å²) in [5, 5.41) is 0. The Morgan fingerprint density at radius 3 is 1.80 bits per heavy atom. The van der Waals surface area contributed by atoms with E-state index in [2.05, 4.69) is 74.5 Å². The van der Waals surface area contributed by atoms with Crippen molar-refractivity contribution in [1.82, 2.24) is 0 Å². The molecule has 2 N–H and O–H groups in total. The van der Waals surface area contributed by atoms with Crippen LogP contribution in [0.1, 0.15) is 37.0 Å². The van der Waals surface area contributed by atoms with Crippen molar-refractivity contribution in [3.8, 4) is 0 Å². The van der Waals surface area contributed by atoms with Crippen LogP contribution in [0.5, 0.6) is 0 Å². The van der Waals surface area contributed by atoms with Crippen LogP contribution in [0.4, 0.5) is 0 Å². The summed E-state index contributed by atoms with van der Waals surface area (Å²) < 4.78 is 0. The molecule has 1 unspecified atom stereocenters. The number of aryl methyl sites for hydroxylation is 1. The van der Waals surface area contributed by atoms with Crippen LogP contribution in [0.25, 0.3) is 12.2 Å². The van der Waals surface area contributed by atoms with Crippen LogP contribution in [-0.2, 0) is 0 Å². The highest BCUT2D eigenvalue weighted by Crippen LogP contribution is 2.08. The minimum absolute atomic E-state index is 0.384. The largest absolute Gasteiger partial charge is 0.328 e. The maximum Gasteiger partial charge on any atom is 0.000781 e. The molecule has 2 rings (SSSR count). The molecular weight excluding hydrogens is 242 g/mol. The first-order valence-electron chi connectivity index (χ1n) is 7.17. The molecule has 0 aliphatic rings. The Morgan fingerprint density at radius 2 is 1.35 bits per heavy atom. The first kappa shape index (κ1) is 16.2. The maximum absolute atomic E-state index is 5.29. The third kappa shape index (κ3) is 6.91. The average molecular weight is 267 g/mol. The molecule has 2 aromatic carbocycles. The highest BCUT2D eigenvalue weighted by Gasteiger charge is 1.87. The monoisotopic (exact) mass is 267 g/mol. The van der Waals surface area contributed by atoms with Gasteiger partial charge in [0.1, 0.15) is 0 Å². The van der Waals surface area contributed by atoms with E-state index in [0.29, 0.717) is 6.04 Å². The molecule has 20 heavy (non-hydrogen) atoms. The number of rotatable bonds is 3. The van der Waals surface area contributed by atoms with Gasteiger partial charge in [0.2, 0.25) is 0 Å². The van der Waals surface area contributed by atoms with E-state index in [-0.39, 0.29) is 0 Å². The van der Waals surface area contributed by atoms with Gasteiger partial charge in [-0.15, -0.1) is 0 Å². The molecule has 1 nitrogen and oxygen atoms in total. The average Bonchev–Trinajstić information content (AvgIpc) is 2.48. The van der Waals surface area contributed by atoms with Gasteiger partial charge in [-0.3, -0.25) is 0 Å². The second kappa shape index (κ2) is 9.11. The van der Waals surface area contributed by atoms with Crippen molar-refractivity contribution in [3.05, 3.63) is 71.3 Å². The summed E-state index contributed by atoms with van der Waals surface area (Å²) in [5.41, 5.74) is 9.06. The molecule has 0 radical (unpaired) electrons. The van der Waals surface area contributed by atoms with Crippen LogP contribution in [0, 0.1) is 6.92 Å². The SMILES string of the molecule is CCC(C)N.Cc1ccc(/C=C/c2ccccc2)cc1. The molecule has 0 aromatic heterocycles. The Bertz CT molecular complexity index is 495. The summed E-state index contributed by atoms with van der Waals surface area (Å²) in [6, 6.07) is 19.2. The predicted octanol–water partition coefficient (Wildman–Crippen LogP) is 4.91. The molecule has 0 saturated carbocycles. The fourth-order valence-corrected chi connectivity index (χ4v) is 1.43. The van der Waals surface area contributed by atoms with Gasteiger partial charge < -0.3 is 5.73 Å². The Balaban J connectivity index is 0.000000347. The van der Waals surface area contributed by atoms with Gasteiger partial charge in [0.15, 0.2) is 0 Å². The summed E-state index contributed by atoms with van der Waals surface area (Å²) in [6.45, 7) is 6.18. The van der Waals surface area contributed by atoms with Gasteiger partial charge in [0, 0.05) is 6.04 Å². The van der Waals surface area contributed by atoms with Gasteiger partial charge in [0.25, 0.3) is 0 Å². The Morgan fingerprint density at radius 1 is 0.900 bits per heavy atom. The van der Waals surface area contributed by atoms with E-state index >= 15 is 0 Å². The van der Waals surface area contributed by atoms with E-state index in [9.17, 15) is 0 Å². The molecule has 2 aromatic rings. The Labute approximate surface area is 123 Å². The second-order valence-electron chi connectivity index (χ2n) is 5.04. The highest BCUT2D eigenvalue weighted by molar-refractivity contribution is 5.69. The molecule has 0 bridgehead atoms. The number of benzene rings is 2. The lowest BCUT2D eigenvalue weighted by molar-refractivity contribution is 0.715. The fourth-order valence-electron chi connectivity index (χ4n) is 1.43. The number of nitrogens with two attached hydrogens (primary N) is 1. The summed E-state index contributed by atoms with van der Waals surface area (Å²) in [6.07, 6.45) is 5.35. The molecule has 1 atom stereocenters. The summed E-state index contributed by atoms with van der Waals surface area (Å²) in [7, 11) is 0. The van der Waals surface area contributed by atoms with E-state index in [1.54, 1.807) is 0 Å².